The van der Waals surface area contributed by atoms with E-state index in [-0.39, 0.29) is 12.5 Å². The van der Waals surface area contributed by atoms with Crippen LogP contribution in [0.5, 0.6) is 0 Å². The van der Waals surface area contributed by atoms with Gasteiger partial charge in [0, 0.05) is 5.56 Å². The number of carbonyl (C=O) groups excluding carboxylic acids is 2. The summed E-state index contributed by atoms with van der Waals surface area (Å²) in [7, 11) is 0. The highest BCUT2D eigenvalue weighted by atomic mass is 16.5. The average Bonchev–Trinajstić information content (AvgIpc) is 2.63. The van der Waals surface area contributed by atoms with Gasteiger partial charge < -0.3 is 10.1 Å². The highest BCUT2D eigenvalue weighted by molar-refractivity contribution is 6.03. The Morgan fingerprint density at radius 1 is 1.12 bits per heavy atom. The first-order valence-electron chi connectivity index (χ1n) is 7.98. The molecule has 1 atom stereocenters. The normalized spacial score (nSPS) is 11.8. The topological polar surface area (TPSA) is 79.8 Å². The number of rotatable bonds is 7. The number of carbonyl (C=O) groups is 2. The van der Waals surface area contributed by atoms with Crippen molar-refractivity contribution < 1.29 is 14.3 Å². The lowest BCUT2D eigenvalue weighted by molar-refractivity contribution is -0.143. The van der Waals surface area contributed by atoms with Gasteiger partial charge in [-0.05, 0) is 38.1 Å². The number of amides is 1. The summed E-state index contributed by atoms with van der Waals surface area (Å²) in [6.07, 6.45) is 1.32. The van der Waals surface area contributed by atoms with E-state index in [1.54, 1.807) is 31.2 Å². The lowest BCUT2D eigenvalue weighted by atomic mass is 10.2. The summed E-state index contributed by atoms with van der Waals surface area (Å²) >= 11 is 0. The summed E-state index contributed by atoms with van der Waals surface area (Å²) < 4.78 is 4.99. The van der Waals surface area contributed by atoms with Crippen molar-refractivity contribution in [1.29, 1.82) is 0 Å². The van der Waals surface area contributed by atoms with Crippen molar-refractivity contribution in [3.05, 3.63) is 65.7 Å². The van der Waals surface area contributed by atoms with E-state index in [4.69, 9.17) is 4.74 Å². The van der Waals surface area contributed by atoms with Crippen molar-refractivity contribution in [3.8, 4) is 0 Å². The van der Waals surface area contributed by atoms with Gasteiger partial charge in [-0.3, -0.25) is 10.2 Å². The van der Waals surface area contributed by atoms with Gasteiger partial charge in [-0.2, -0.15) is 5.10 Å². The molecule has 0 saturated heterocycles. The molecule has 6 nitrogen and oxygen atoms in total. The SMILES string of the molecule is CCOC(=O)C(/C=N/Nc1ccc(C)cc1)NC(=O)c1ccccc1. The Hall–Kier alpha value is -3.15. The van der Waals surface area contributed by atoms with E-state index in [0.717, 1.165) is 11.3 Å². The third-order valence-corrected chi connectivity index (χ3v) is 3.33. The minimum atomic E-state index is -0.981. The Bertz CT molecular complexity index is 727. The van der Waals surface area contributed by atoms with Gasteiger partial charge in [0.15, 0.2) is 6.04 Å². The molecule has 0 aromatic heterocycles. The molecule has 25 heavy (non-hydrogen) atoms. The Labute approximate surface area is 146 Å². The maximum atomic E-state index is 12.2. The summed E-state index contributed by atoms with van der Waals surface area (Å²) in [5, 5.41) is 6.64. The zero-order valence-corrected chi connectivity index (χ0v) is 14.2. The zero-order valence-electron chi connectivity index (χ0n) is 14.2. The third kappa shape index (κ3) is 5.76. The Kier molecular flexibility index (Phi) is 6.71. The van der Waals surface area contributed by atoms with Gasteiger partial charge in [0.2, 0.25) is 0 Å². The Balaban J connectivity index is 2.04. The van der Waals surface area contributed by atoms with Crippen LogP contribution in [0.3, 0.4) is 0 Å². The first-order chi connectivity index (χ1) is 12.1. The molecule has 2 N–H and O–H groups in total. The number of esters is 1. The largest absolute Gasteiger partial charge is 0.464 e. The lowest BCUT2D eigenvalue weighted by Crippen LogP contribution is -2.43. The van der Waals surface area contributed by atoms with Crippen LogP contribution < -0.4 is 10.7 Å². The van der Waals surface area contributed by atoms with Crippen LogP contribution >= 0.6 is 0 Å². The molecule has 1 amide bonds. The number of hydrogen-bond acceptors (Lipinski definition) is 5. The maximum absolute atomic E-state index is 12.2. The predicted octanol–water partition coefficient (Wildman–Crippen LogP) is 2.75. The minimum Gasteiger partial charge on any atom is -0.464 e. The van der Waals surface area contributed by atoms with Crippen LogP contribution in [-0.2, 0) is 9.53 Å². The molecular weight excluding hydrogens is 318 g/mol. The second kappa shape index (κ2) is 9.22. The number of hydrogen-bond donors (Lipinski definition) is 2. The van der Waals surface area contributed by atoms with Gasteiger partial charge in [-0.15, -0.1) is 0 Å². The molecule has 130 valence electrons. The fraction of sp³-hybridized carbons (Fsp3) is 0.211. The third-order valence-electron chi connectivity index (χ3n) is 3.33. The summed E-state index contributed by atoms with van der Waals surface area (Å²) in [4.78, 5) is 24.3. The number of anilines is 1. The molecule has 0 radical (unpaired) electrons. The van der Waals surface area contributed by atoms with Gasteiger partial charge in [-0.25, -0.2) is 4.79 Å². The van der Waals surface area contributed by atoms with Gasteiger partial charge >= 0.3 is 5.97 Å². The van der Waals surface area contributed by atoms with E-state index < -0.39 is 12.0 Å². The molecule has 0 aliphatic heterocycles. The Morgan fingerprint density at radius 3 is 2.44 bits per heavy atom. The van der Waals surface area contributed by atoms with E-state index in [9.17, 15) is 9.59 Å². The van der Waals surface area contributed by atoms with Crippen LogP contribution in [0.25, 0.3) is 0 Å². The van der Waals surface area contributed by atoms with E-state index in [2.05, 4.69) is 15.8 Å². The van der Waals surface area contributed by atoms with Crippen molar-refractivity contribution in [2.75, 3.05) is 12.0 Å². The second-order valence-electron chi connectivity index (χ2n) is 5.33. The molecule has 0 bridgehead atoms. The molecule has 2 aromatic carbocycles. The monoisotopic (exact) mass is 339 g/mol. The number of aryl methyl sites for hydroxylation is 1. The molecule has 0 heterocycles. The fourth-order valence-corrected chi connectivity index (χ4v) is 2.02. The number of nitrogens with zero attached hydrogens (tertiary/aromatic N) is 1. The highest BCUT2D eigenvalue weighted by Gasteiger charge is 2.20. The van der Waals surface area contributed by atoms with Gasteiger partial charge in [0.05, 0.1) is 18.5 Å². The zero-order chi connectivity index (χ0) is 18.1. The van der Waals surface area contributed by atoms with Crippen LogP contribution in [0.1, 0.15) is 22.8 Å². The van der Waals surface area contributed by atoms with Gasteiger partial charge in [0.25, 0.3) is 5.91 Å². The standard InChI is InChI=1S/C19H21N3O3/c1-3-25-19(24)17(21-18(23)15-7-5-4-6-8-15)13-20-22-16-11-9-14(2)10-12-16/h4-13,17,22H,3H2,1-2H3,(H,21,23)/b20-13+. The summed E-state index contributed by atoms with van der Waals surface area (Å²) in [6.45, 7) is 3.91. The number of hydrazone groups is 1. The van der Waals surface area contributed by atoms with Crippen LogP contribution in [-0.4, -0.2) is 30.7 Å². The molecule has 0 aliphatic rings. The molecule has 2 aromatic rings. The molecule has 0 saturated carbocycles. The molecule has 0 spiro atoms. The number of benzene rings is 2. The Morgan fingerprint density at radius 2 is 1.80 bits per heavy atom. The minimum absolute atomic E-state index is 0.218. The summed E-state index contributed by atoms with van der Waals surface area (Å²) in [6, 6.07) is 15.3. The van der Waals surface area contributed by atoms with Crippen LogP contribution in [0.2, 0.25) is 0 Å². The van der Waals surface area contributed by atoms with Crippen molar-refractivity contribution in [1.82, 2.24) is 5.32 Å². The molecule has 0 fully saturated rings. The molecule has 1 unspecified atom stereocenters. The maximum Gasteiger partial charge on any atom is 0.334 e. The first kappa shape index (κ1) is 18.2. The number of ether oxygens (including phenoxy) is 1. The lowest BCUT2D eigenvalue weighted by Gasteiger charge is -2.13. The van der Waals surface area contributed by atoms with E-state index >= 15 is 0 Å². The molecule has 6 heteroatoms. The smallest absolute Gasteiger partial charge is 0.334 e. The van der Waals surface area contributed by atoms with Crippen molar-refractivity contribution in [2.45, 2.75) is 19.9 Å². The second-order valence-corrected chi connectivity index (χ2v) is 5.33. The fourth-order valence-electron chi connectivity index (χ4n) is 2.02. The quantitative estimate of drug-likeness (QED) is 0.462. The highest BCUT2D eigenvalue weighted by Crippen LogP contribution is 2.08. The van der Waals surface area contributed by atoms with Crippen LogP contribution in [0, 0.1) is 6.92 Å². The van der Waals surface area contributed by atoms with Crippen molar-refractivity contribution >= 4 is 23.8 Å². The van der Waals surface area contributed by atoms with Crippen LogP contribution in [0.15, 0.2) is 59.7 Å². The summed E-state index contributed by atoms with van der Waals surface area (Å²) in [5.41, 5.74) is 5.19. The predicted molar refractivity (Wildman–Crippen MR) is 97.6 cm³/mol. The van der Waals surface area contributed by atoms with Gasteiger partial charge in [0.1, 0.15) is 0 Å². The molecular formula is C19H21N3O3. The van der Waals surface area contributed by atoms with E-state index in [1.807, 2.05) is 37.3 Å². The van der Waals surface area contributed by atoms with Gasteiger partial charge in [-0.1, -0.05) is 35.9 Å². The summed E-state index contributed by atoms with van der Waals surface area (Å²) in [5.74, 6) is -0.943. The number of nitrogens with one attached hydrogen (secondary N) is 2. The van der Waals surface area contributed by atoms with Crippen molar-refractivity contribution in [3.63, 3.8) is 0 Å². The molecule has 0 aliphatic carbocycles. The first-order valence-corrected chi connectivity index (χ1v) is 7.98. The van der Waals surface area contributed by atoms with Crippen LogP contribution in [0.4, 0.5) is 5.69 Å². The van der Waals surface area contributed by atoms with E-state index in [0.29, 0.717) is 5.56 Å². The average molecular weight is 339 g/mol. The molecule has 2 rings (SSSR count). The van der Waals surface area contributed by atoms with Crippen molar-refractivity contribution in [2.24, 2.45) is 5.10 Å². The van der Waals surface area contributed by atoms with E-state index in [1.165, 1.54) is 6.21 Å².